The van der Waals surface area contributed by atoms with E-state index in [9.17, 15) is 10.2 Å². The van der Waals surface area contributed by atoms with E-state index in [0.29, 0.717) is 5.69 Å². The number of hydrogen-bond acceptors (Lipinski definition) is 4. The molecule has 0 aliphatic rings. The van der Waals surface area contributed by atoms with Gasteiger partial charge in [0.15, 0.2) is 0 Å². The van der Waals surface area contributed by atoms with E-state index in [1.165, 1.54) is 0 Å². The van der Waals surface area contributed by atoms with Crippen LogP contribution < -0.4 is 4.74 Å². The first-order chi connectivity index (χ1) is 11.7. The fourth-order valence-corrected chi connectivity index (χ4v) is 2.59. The van der Waals surface area contributed by atoms with Crippen molar-refractivity contribution in [3.63, 3.8) is 0 Å². The Morgan fingerprint density at radius 3 is 2.42 bits per heavy atom. The van der Waals surface area contributed by atoms with Crippen LogP contribution in [-0.2, 0) is 13.2 Å². The molecule has 1 atom stereocenters. The number of benzene rings is 2. The van der Waals surface area contributed by atoms with Crippen LogP contribution in [0.25, 0.3) is 11.3 Å². The standard InChI is InChI=1S/C19H20N2O3/c1-24-17-9-7-15(8-10-17)19(23)12-21-16(13-22)11-18(20-21)14-5-3-2-4-6-14/h2-11,19,22-23H,12-13H2,1H3. The van der Waals surface area contributed by atoms with E-state index >= 15 is 0 Å². The molecule has 0 fully saturated rings. The molecule has 0 radical (unpaired) electrons. The maximum absolute atomic E-state index is 10.5. The molecule has 5 nitrogen and oxygen atoms in total. The molecule has 0 aliphatic carbocycles. The number of ether oxygens (including phenoxy) is 1. The molecule has 0 bridgehead atoms. The third kappa shape index (κ3) is 3.48. The van der Waals surface area contributed by atoms with Gasteiger partial charge in [-0.25, -0.2) is 0 Å². The molecule has 0 amide bonds. The highest BCUT2D eigenvalue weighted by atomic mass is 16.5. The minimum atomic E-state index is -0.718. The number of nitrogens with zero attached hydrogens (tertiary/aromatic N) is 2. The first-order valence-electron chi connectivity index (χ1n) is 7.76. The maximum Gasteiger partial charge on any atom is 0.118 e. The summed E-state index contributed by atoms with van der Waals surface area (Å²) in [5, 5.41) is 24.5. The number of aliphatic hydroxyl groups is 2. The molecule has 5 heteroatoms. The zero-order valence-electron chi connectivity index (χ0n) is 13.5. The molecule has 2 N–H and O–H groups in total. The average molecular weight is 324 g/mol. The summed E-state index contributed by atoms with van der Waals surface area (Å²) in [6, 6.07) is 18.9. The zero-order valence-corrected chi connectivity index (χ0v) is 13.5. The van der Waals surface area contributed by atoms with E-state index in [2.05, 4.69) is 5.10 Å². The van der Waals surface area contributed by atoms with Crippen molar-refractivity contribution >= 4 is 0 Å². The Kier molecular flexibility index (Phi) is 4.93. The van der Waals surface area contributed by atoms with Gasteiger partial charge in [0.25, 0.3) is 0 Å². The lowest BCUT2D eigenvalue weighted by Crippen LogP contribution is -2.12. The second kappa shape index (κ2) is 7.29. The molecular weight excluding hydrogens is 304 g/mol. The summed E-state index contributed by atoms with van der Waals surface area (Å²) in [7, 11) is 1.60. The Balaban J connectivity index is 1.82. The predicted molar refractivity (Wildman–Crippen MR) is 91.5 cm³/mol. The van der Waals surface area contributed by atoms with Crippen LogP contribution in [0.5, 0.6) is 5.75 Å². The molecule has 1 aromatic heterocycles. The summed E-state index contributed by atoms with van der Waals surface area (Å²) < 4.78 is 6.77. The Morgan fingerprint density at radius 2 is 1.79 bits per heavy atom. The van der Waals surface area contributed by atoms with Crippen LogP contribution in [0.1, 0.15) is 17.4 Å². The largest absolute Gasteiger partial charge is 0.497 e. The van der Waals surface area contributed by atoms with Crippen LogP contribution in [0, 0.1) is 0 Å². The van der Waals surface area contributed by atoms with Crippen LogP contribution in [0.15, 0.2) is 60.7 Å². The second-order valence-corrected chi connectivity index (χ2v) is 5.52. The molecular formula is C19H20N2O3. The molecule has 124 valence electrons. The molecule has 2 aromatic carbocycles. The highest BCUT2D eigenvalue weighted by Gasteiger charge is 2.14. The minimum absolute atomic E-state index is 0.130. The molecule has 3 aromatic rings. The average Bonchev–Trinajstić information content (AvgIpc) is 3.05. The van der Waals surface area contributed by atoms with Crippen LogP contribution in [0.3, 0.4) is 0 Å². The van der Waals surface area contributed by atoms with E-state index in [-0.39, 0.29) is 13.2 Å². The number of hydrogen-bond donors (Lipinski definition) is 2. The zero-order chi connectivity index (χ0) is 16.9. The van der Waals surface area contributed by atoms with Gasteiger partial charge < -0.3 is 14.9 Å². The summed E-state index contributed by atoms with van der Waals surface area (Å²) in [5.74, 6) is 0.743. The first-order valence-corrected chi connectivity index (χ1v) is 7.76. The van der Waals surface area contributed by atoms with Crippen molar-refractivity contribution in [3.05, 3.63) is 71.9 Å². The van der Waals surface area contributed by atoms with Gasteiger partial charge in [0.05, 0.1) is 37.8 Å². The van der Waals surface area contributed by atoms with Crippen molar-refractivity contribution < 1.29 is 14.9 Å². The number of methoxy groups -OCH3 is 1. The Bertz CT molecular complexity index is 782. The van der Waals surface area contributed by atoms with Crippen LogP contribution in [0.4, 0.5) is 0 Å². The first kappa shape index (κ1) is 16.2. The van der Waals surface area contributed by atoms with Gasteiger partial charge in [-0.2, -0.15) is 5.10 Å². The molecule has 1 unspecified atom stereocenters. The van der Waals surface area contributed by atoms with E-state index in [1.54, 1.807) is 11.8 Å². The van der Waals surface area contributed by atoms with Gasteiger partial charge in [-0.05, 0) is 23.8 Å². The van der Waals surface area contributed by atoms with Gasteiger partial charge in [-0.1, -0.05) is 42.5 Å². The predicted octanol–water partition coefficient (Wildman–Crippen LogP) is 2.78. The van der Waals surface area contributed by atoms with E-state index in [4.69, 9.17) is 4.74 Å². The fraction of sp³-hybridized carbons (Fsp3) is 0.211. The third-order valence-corrected chi connectivity index (χ3v) is 3.94. The molecule has 3 rings (SSSR count). The van der Waals surface area contributed by atoms with Crippen molar-refractivity contribution in [2.75, 3.05) is 7.11 Å². The monoisotopic (exact) mass is 324 g/mol. The SMILES string of the molecule is COc1ccc(C(O)Cn2nc(-c3ccccc3)cc2CO)cc1. The lowest BCUT2D eigenvalue weighted by Gasteiger charge is -2.13. The summed E-state index contributed by atoms with van der Waals surface area (Å²) >= 11 is 0. The third-order valence-electron chi connectivity index (χ3n) is 3.94. The van der Waals surface area contributed by atoms with Gasteiger partial charge in [0, 0.05) is 5.56 Å². The van der Waals surface area contributed by atoms with E-state index in [1.807, 2.05) is 60.7 Å². The fourth-order valence-electron chi connectivity index (χ4n) is 2.59. The Hall–Kier alpha value is -2.63. The minimum Gasteiger partial charge on any atom is -0.497 e. The molecule has 0 spiro atoms. The summed E-state index contributed by atoms with van der Waals surface area (Å²) in [5.41, 5.74) is 3.20. The van der Waals surface area contributed by atoms with Crippen LogP contribution >= 0.6 is 0 Å². The smallest absolute Gasteiger partial charge is 0.118 e. The van der Waals surface area contributed by atoms with Crippen LogP contribution in [0.2, 0.25) is 0 Å². The summed E-state index contributed by atoms with van der Waals surface area (Å²) in [4.78, 5) is 0. The van der Waals surface area contributed by atoms with Gasteiger partial charge in [-0.15, -0.1) is 0 Å². The van der Waals surface area contributed by atoms with Gasteiger partial charge in [0.1, 0.15) is 5.75 Å². The van der Waals surface area contributed by atoms with Crippen molar-refractivity contribution in [2.45, 2.75) is 19.3 Å². The lowest BCUT2D eigenvalue weighted by atomic mass is 10.1. The van der Waals surface area contributed by atoms with Crippen molar-refractivity contribution in [1.29, 1.82) is 0 Å². The summed E-state index contributed by atoms with van der Waals surface area (Å²) in [6.45, 7) is 0.143. The topological polar surface area (TPSA) is 67.5 Å². The summed E-state index contributed by atoms with van der Waals surface area (Å²) in [6.07, 6.45) is -0.718. The normalized spacial score (nSPS) is 12.1. The number of aliphatic hydroxyl groups excluding tert-OH is 2. The Labute approximate surface area is 140 Å². The molecule has 24 heavy (non-hydrogen) atoms. The van der Waals surface area contributed by atoms with E-state index in [0.717, 1.165) is 22.6 Å². The van der Waals surface area contributed by atoms with Crippen molar-refractivity contribution in [3.8, 4) is 17.0 Å². The highest BCUT2D eigenvalue weighted by Crippen LogP contribution is 2.23. The van der Waals surface area contributed by atoms with E-state index < -0.39 is 6.10 Å². The molecule has 0 saturated heterocycles. The van der Waals surface area contributed by atoms with Gasteiger partial charge in [-0.3, -0.25) is 4.68 Å². The van der Waals surface area contributed by atoms with Crippen molar-refractivity contribution in [2.24, 2.45) is 0 Å². The van der Waals surface area contributed by atoms with Gasteiger partial charge in [0.2, 0.25) is 0 Å². The molecule has 1 heterocycles. The van der Waals surface area contributed by atoms with Crippen LogP contribution in [-0.4, -0.2) is 27.1 Å². The lowest BCUT2D eigenvalue weighted by molar-refractivity contribution is 0.147. The van der Waals surface area contributed by atoms with Gasteiger partial charge >= 0.3 is 0 Å². The van der Waals surface area contributed by atoms with Crippen molar-refractivity contribution in [1.82, 2.24) is 9.78 Å². The number of rotatable bonds is 6. The molecule has 0 saturated carbocycles. The highest BCUT2D eigenvalue weighted by molar-refractivity contribution is 5.59. The maximum atomic E-state index is 10.5. The molecule has 0 aliphatic heterocycles. The second-order valence-electron chi connectivity index (χ2n) is 5.52. The quantitative estimate of drug-likeness (QED) is 0.732. The Morgan fingerprint density at radius 1 is 1.08 bits per heavy atom. The number of aromatic nitrogens is 2.